The SMILES string of the molecule is O=C1[C@@H]2[C@H](C(=O)N1Cc1ccccc1)[C@H]1C(Cl)=C[C@H]2c2ccccc21. The molecule has 1 aliphatic heterocycles. The zero-order valence-electron chi connectivity index (χ0n) is 13.4. The first-order valence-corrected chi connectivity index (χ1v) is 8.90. The van der Waals surface area contributed by atoms with Crippen LogP contribution in [0, 0.1) is 11.8 Å². The fraction of sp³-hybridized carbons (Fsp3) is 0.238. The van der Waals surface area contributed by atoms with Crippen LogP contribution in [0.25, 0.3) is 0 Å². The predicted octanol–water partition coefficient (Wildman–Crippen LogP) is 3.81. The molecule has 3 nitrogen and oxygen atoms in total. The minimum atomic E-state index is -0.367. The van der Waals surface area contributed by atoms with Gasteiger partial charge in [0.1, 0.15) is 0 Å². The third-order valence-corrected chi connectivity index (χ3v) is 6.11. The Balaban J connectivity index is 1.57. The molecule has 0 N–H and O–H groups in total. The molecule has 0 aromatic heterocycles. The molecule has 4 heteroatoms. The number of carbonyl (C=O) groups is 2. The van der Waals surface area contributed by atoms with Crippen molar-refractivity contribution in [2.45, 2.75) is 18.4 Å². The van der Waals surface area contributed by atoms with Gasteiger partial charge in [-0.05, 0) is 16.7 Å². The smallest absolute Gasteiger partial charge is 0.234 e. The highest BCUT2D eigenvalue weighted by atomic mass is 35.5. The van der Waals surface area contributed by atoms with Crippen LogP contribution in [0.15, 0.2) is 65.7 Å². The molecule has 3 aliphatic carbocycles. The highest BCUT2D eigenvalue weighted by Crippen LogP contribution is 2.59. The van der Waals surface area contributed by atoms with Crippen molar-refractivity contribution in [3.05, 3.63) is 82.4 Å². The van der Waals surface area contributed by atoms with E-state index in [9.17, 15) is 9.59 Å². The van der Waals surface area contributed by atoms with Gasteiger partial charge in [0, 0.05) is 16.9 Å². The van der Waals surface area contributed by atoms with Gasteiger partial charge in [-0.1, -0.05) is 72.3 Å². The van der Waals surface area contributed by atoms with Crippen LogP contribution < -0.4 is 0 Å². The number of amides is 2. The molecule has 1 saturated heterocycles. The summed E-state index contributed by atoms with van der Waals surface area (Å²) in [5.41, 5.74) is 3.21. The van der Waals surface area contributed by atoms with Crippen molar-refractivity contribution >= 4 is 23.4 Å². The van der Waals surface area contributed by atoms with Gasteiger partial charge in [-0.25, -0.2) is 0 Å². The van der Waals surface area contributed by atoms with Crippen LogP contribution in [0.3, 0.4) is 0 Å². The van der Waals surface area contributed by atoms with Gasteiger partial charge in [0.15, 0.2) is 0 Å². The van der Waals surface area contributed by atoms with Crippen LogP contribution in [0.4, 0.5) is 0 Å². The number of allylic oxidation sites excluding steroid dienone is 2. The maximum atomic E-state index is 13.1. The molecule has 4 atom stereocenters. The second-order valence-electron chi connectivity index (χ2n) is 6.98. The average molecular weight is 350 g/mol. The Labute approximate surface area is 150 Å². The van der Waals surface area contributed by atoms with Gasteiger partial charge in [-0.3, -0.25) is 14.5 Å². The number of benzene rings is 2. The zero-order chi connectivity index (χ0) is 17.1. The Morgan fingerprint density at radius 3 is 2.24 bits per heavy atom. The average Bonchev–Trinajstić information content (AvgIpc) is 2.89. The molecule has 1 heterocycles. The number of nitrogens with zero attached hydrogens (tertiary/aromatic N) is 1. The van der Waals surface area contributed by atoms with E-state index < -0.39 is 0 Å². The molecule has 124 valence electrons. The quantitative estimate of drug-likeness (QED) is 0.773. The van der Waals surface area contributed by atoms with Crippen LogP contribution in [0.5, 0.6) is 0 Å². The van der Waals surface area contributed by atoms with E-state index in [2.05, 4.69) is 6.07 Å². The maximum Gasteiger partial charge on any atom is 0.234 e. The molecular formula is C21H16ClNO2. The van der Waals surface area contributed by atoms with Crippen molar-refractivity contribution in [3.8, 4) is 0 Å². The number of hydrogen-bond acceptors (Lipinski definition) is 2. The van der Waals surface area contributed by atoms with E-state index in [1.165, 1.54) is 4.90 Å². The van der Waals surface area contributed by atoms with Crippen molar-refractivity contribution < 1.29 is 9.59 Å². The monoisotopic (exact) mass is 349 g/mol. The van der Waals surface area contributed by atoms with Crippen molar-refractivity contribution in [2.24, 2.45) is 11.8 Å². The van der Waals surface area contributed by atoms with E-state index in [0.29, 0.717) is 11.6 Å². The Kier molecular flexibility index (Phi) is 3.16. The minimum Gasteiger partial charge on any atom is -0.278 e. The summed E-state index contributed by atoms with van der Waals surface area (Å²) in [4.78, 5) is 27.6. The van der Waals surface area contributed by atoms with Gasteiger partial charge in [0.05, 0.1) is 18.4 Å². The molecular weight excluding hydrogens is 334 g/mol. The maximum absolute atomic E-state index is 13.1. The molecule has 25 heavy (non-hydrogen) atoms. The number of carbonyl (C=O) groups excluding carboxylic acids is 2. The van der Waals surface area contributed by atoms with E-state index in [1.54, 1.807) is 0 Å². The Morgan fingerprint density at radius 1 is 0.840 bits per heavy atom. The van der Waals surface area contributed by atoms with E-state index in [0.717, 1.165) is 16.7 Å². The molecule has 2 aromatic rings. The molecule has 6 rings (SSSR count). The molecule has 0 radical (unpaired) electrons. The summed E-state index contributed by atoms with van der Waals surface area (Å²) in [6.07, 6.45) is 1.98. The van der Waals surface area contributed by atoms with E-state index >= 15 is 0 Å². The third kappa shape index (κ3) is 1.99. The van der Waals surface area contributed by atoms with Crippen molar-refractivity contribution in [3.63, 3.8) is 0 Å². The first-order valence-electron chi connectivity index (χ1n) is 8.52. The number of imide groups is 1. The number of hydrogen-bond donors (Lipinski definition) is 0. The summed E-state index contributed by atoms with van der Waals surface area (Å²) in [7, 11) is 0. The normalized spacial score (nSPS) is 29.5. The standard InChI is InChI=1S/C21H16ClNO2/c22-16-10-15-13-8-4-5-9-14(13)17(16)19-18(15)20(24)23(21(19)25)11-12-6-2-1-3-7-12/h1-10,15,17-19H,11H2/t15-,17+,18-,19+/m0/s1. The fourth-order valence-corrected chi connectivity index (χ4v) is 5.09. The molecule has 1 fully saturated rings. The lowest BCUT2D eigenvalue weighted by atomic mass is 9.60. The van der Waals surface area contributed by atoms with Gasteiger partial charge in [-0.2, -0.15) is 0 Å². The van der Waals surface area contributed by atoms with E-state index in [-0.39, 0.29) is 35.5 Å². The lowest BCUT2D eigenvalue weighted by Gasteiger charge is -2.42. The molecule has 4 aliphatic rings. The number of likely N-dealkylation sites (tertiary alicyclic amines) is 1. The highest BCUT2D eigenvalue weighted by molar-refractivity contribution is 6.31. The first-order chi connectivity index (χ1) is 12.2. The van der Waals surface area contributed by atoms with Crippen LogP contribution in [0.2, 0.25) is 0 Å². The molecule has 0 saturated carbocycles. The summed E-state index contributed by atoms with van der Waals surface area (Å²) >= 11 is 6.51. The molecule has 2 aromatic carbocycles. The second-order valence-corrected chi connectivity index (χ2v) is 7.42. The fourth-order valence-electron chi connectivity index (χ4n) is 4.70. The topological polar surface area (TPSA) is 37.4 Å². The first kappa shape index (κ1) is 14.9. The largest absolute Gasteiger partial charge is 0.278 e. The van der Waals surface area contributed by atoms with Gasteiger partial charge in [0.2, 0.25) is 11.8 Å². The summed E-state index contributed by atoms with van der Waals surface area (Å²) in [6.45, 7) is 0.332. The lowest BCUT2D eigenvalue weighted by molar-refractivity contribution is -0.140. The van der Waals surface area contributed by atoms with E-state index in [4.69, 9.17) is 11.6 Å². The Morgan fingerprint density at radius 2 is 1.48 bits per heavy atom. The van der Waals surface area contributed by atoms with Crippen molar-refractivity contribution in [2.75, 3.05) is 0 Å². The predicted molar refractivity (Wildman–Crippen MR) is 94.8 cm³/mol. The van der Waals surface area contributed by atoms with Gasteiger partial charge in [0.25, 0.3) is 0 Å². The zero-order valence-corrected chi connectivity index (χ0v) is 14.2. The van der Waals surface area contributed by atoms with Crippen LogP contribution in [-0.4, -0.2) is 16.7 Å². The Hall–Kier alpha value is -2.39. The summed E-state index contributed by atoms with van der Waals surface area (Å²) in [6, 6.07) is 17.7. The summed E-state index contributed by atoms with van der Waals surface area (Å²) < 4.78 is 0. The highest BCUT2D eigenvalue weighted by Gasteiger charge is 2.59. The van der Waals surface area contributed by atoms with Crippen LogP contribution >= 0.6 is 11.6 Å². The van der Waals surface area contributed by atoms with Gasteiger partial charge in [-0.15, -0.1) is 0 Å². The number of halogens is 1. The second kappa shape index (κ2) is 5.30. The van der Waals surface area contributed by atoms with Crippen molar-refractivity contribution in [1.82, 2.24) is 4.90 Å². The Bertz CT molecular complexity index is 921. The third-order valence-electron chi connectivity index (χ3n) is 5.74. The van der Waals surface area contributed by atoms with Gasteiger partial charge < -0.3 is 0 Å². The molecule has 0 spiro atoms. The van der Waals surface area contributed by atoms with Crippen LogP contribution in [-0.2, 0) is 16.1 Å². The van der Waals surface area contributed by atoms with Crippen LogP contribution in [0.1, 0.15) is 28.5 Å². The summed E-state index contributed by atoms with van der Waals surface area (Å²) in [5.74, 6) is -1.13. The van der Waals surface area contributed by atoms with Gasteiger partial charge >= 0.3 is 0 Å². The molecule has 2 bridgehead atoms. The van der Waals surface area contributed by atoms with Crippen molar-refractivity contribution in [1.29, 1.82) is 0 Å². The summed E-state index contributed by atoms with van der Waals surface area (Å²) in [5, 5.41) is 0.702. The van der Waals surface area contributed by atoms with E-state index in [1.807, 2.05) is 54.6 Å². The molecule has 0 unspecified atom stereocenters. The lowest BCUT2D eigenvalue weighted by Crippen LogP contribution is -2.38. The number of rotatable bonds is 2. The molecule has 2 amide bonds. The minimum absolute atomic E-state index is 0.0660.